The third-order valence-electron chi connectivity index (χ3n) is 1.12. The van der Waals surface area contributed by atoms with Crippen LogP contribution in [0.4, 0.5) is 5.69 Å². The van der Waals surface area contributed by atoms with E-state index in [0.717, 1.165) is 11.4 Å². The van der Waals surface area contributed by atoms with E-state index in [1.54, 1.807) is 26.2 Å². The third kappa shape index (κ3) is 7.06. The largest absolute Gasteiger partial charge is 0.497 e. The molecular formula is C11H20NO+. The first kappa shape index (κ1) is 14.2. The molecule has 0 heterocycles. The van der Waals surface area contributed by atoms with Crippen LogP contribution < -0.4 is 10.5 Å². The van der Waals surface area contributed by atoms with Gasteiger partial charge in [0.1, 0.15) is 5.75 Å². The van der Waals surface area contributed by atoms with Gasteiger partial charge in [-0.2, -0.15) is 0 Å². The third-order valence-corrected chi connectivity index (χ3v) is 1.12. The van der Waals surface area contributed by atoms with Crippen LogP contribution in [0.2, 0.25) is 0 Å². The first-order chi connectivity index (χ1) is 6.33. The Bertz CT molecular complexity index is 182. The van der Waals surface area contributed by atoms with Crippen LogP contribution in [0.25, 0.3) is 0 Å². The van der Waals surface area contributed by atoms with E-state index in [2.05, 4.69) is 6.92 Å². The zero-order valence-electron chi connectivity index (χ0n) is 9.00. The molecule has 0 amide bonds. The Labute approximate surface area is 81.7 Å². The van der Waals surface area contributed by atoms with Gasteiger partial charge in [-0.15, -0.1) is 0 Å². The minimum atomic E-state index is 0.760. The fourth-order valence-corrected chi connectivity index (χ4v) is 0.604. The van der Waals surface area contributed by atoms with E-state index in [0.29, 0.717) is 0 Å². The first-order valence-corrected chi connectivity index (χ1v) is 4.43. The van der Waals surface area contributed by atoms with Gasteiger partial charge in [0.05, 0.1) is 21.0 Å². The van der Waals surface area contributed by atoms with Gasteiger partial charge in [0.25, 0.3) is 0 Å². The fraction of sp³-hybridized carbons (Fsp3) is 0.364. The minimum absolute atomic E-state index is 0.760. The molecule has 74 valence electrons. The molecule has 1 aromatic rings. The van der Waals surface area contributed by atoms with E-state index < -0.39 is 0 Å². The van der Waals surface area contributed by atoms with Crippen molar-refractivity contribution >= 4 is 5.69 Å². The highest BCUT2D eigenvalue weighted by Gasteiger charge is 1.86. The van der Waals surface area contributed by atoms with E-state index in [1.807, 2.05) is 26.0 Å². The molecule has 0 aliphatic heterocycles. The fourth-order valence-electron chi connectivity index (χ4n) is 0.604. The quantitative estimate of drug-likeness (QED) is 0.535. The second-order valence-electron chi connectivity index (χ2n) is 1.77. The first-order valence-electron chi connectivity index (χ1n) is 4.43. The molecule has 0 aliphatic rings. The van der Waals surface area contributed by atoms with Crippen molar-refractivity contribution in [3.05, 3.63) is 31.2 Å². The van der Waals surface area contributed by atoms with Crippen molar-refractivity contribution in [3.8, 4) is 5.75 Å². The van der Waals surface area contributed by atoms with Gasteiger partial charge < -0.3 is 10.5 Å². The number of nitrogens with two attached hydrogens (primary N) is 1. The van der Waals surface area contributed by atoms with E-state index in [9.17, 15) is 0 Å². The van der Waals surface area contributed by atoms with Crippen molar-refractivity contribution in [2.75, 3.05) is 12.8 Å². The van der Waals surface area contributed by atoms with Crippen molar-refractivity contribution < 1.29 is 4.74 Å². The molecule has 2 heteroatoms. The lowest BCUT2D eigenvalue weighted by atomic mass is 10.3. The number of rotatable bonds is 1. The molecule has 0 spiro atoms. The summed E-state index contributed by atoms with van der Waals surface area (Å²) in [5.41, 5.74) is 6.19. The maximum absolute atomic E-state index is 5.43. The lowest BCUT2D eigenvalue weighted by Gasteiger charge is -1.97. The van der Waals surface area contributed by atoms with Crippen LogP contribution in [0.1, 0.15) is 20.8 Å². The molecule has 0 unspecified atom stereocenters. The molecule has 0 saturated heterocycles. The predicted octanol–water partition coefficient (Wildman–Crippen LogP) is 3.14. The second kappa shape index (κ2) is 10.7. The predicted molar refractivity (Wildman–Crippen MR) is 59.8 cm³/mol. The molecule has 2 nitrogen and oxygen atoms in total. The van der Waals surface area contributed by atoms with Crippen LogP contribution in [-0.2, 0) is 0 Å². The van der Waals surface area contributed by atoms with Gasteiger partial charge in [-0.05, 0) is 24.3 Å². The van der Waals surface area contributed by atoms with E-state index in [1.165, 1.54) is 0 Å². The van der Waals surface area contributed by atoms with Crippen LogP contribution in [0.15, 0.2) is 24.3 Å². The summed E-state index contributed by atoms with van der Waals surface area (Å²) in [6.45, 7) is 9.00. The number of anilines is 1. The highest BCUT2D eigenvalue weighted by molar-refractivity contribution is 5.41. The topological polar surface area (TPSA) is 35.2 Å². The van der Waals surface area contributed by atoms with Crippen molar-refractivity contribution in [1.29, 1.82) is 0 Å². The second-order valence-corrected chi connectivity index (χ2v) is 1.77. The van der Waals surface area contributed by atoms with Gasteiger partial charge in [-0.1, -0.05) is 13.8 Å². The van der Waals surface area contributed by atoms with Crippen molar-refractivity contribution in [2.24, 2.45) is 0 Å². The van der Waals surface area contributed by atoms with E-state index >= 15 is 0 Å². The highest BCUT2D eigenvalue weighted by Crippen LogP contribution is 2.11. The summed E-state index contributed by atoms with van der Waals surface area (Å²) in [5, 5.41) is 0. The van der Waals surface area contributed by atoms with E-state index in [-0.39, 0.29) is 0 Å². The number of benzene rings is 1. The van der Waals surface area contributed by atoms with Gasteiger partial charge in [0, 0.05) is 5.69 Å². The summed E-state index contributed by atoms with van der Waals surface area (Å²) >= 11 is 0. The molecule has 13 heavy (non-hydrogen) atoms. The Morgan fingerprint density at radius 1 is 1.08 bits per heavy atom. The van der Waals surface area contributed by atoms with Crippen molar-refractivity contribution in [3.63, 3.8) is 0 Å². The van der Waals surface area contributed by atoms with Gasteiger partial charge in [0.2, 0.25) is 0 Å². The Hall–Kier alpha value is -1.31. The molecule has 0 fully saturated rings. The van der Waals surface area contributed by atoms with Crippen molar-refractivity contribution in [2.45, 2.75) is 20.8 Å². The number of methoxy groups -OCH3 is 1. The van der Waals surface area contributed by atoms with Gasteiger partial charge >= 0.3 is 0 Å². The zero-order chi connectivity index (χ0) is 10.7. The SMILES string of the molecule is CC.COc1ccc(N)cc1.[CH2+]C. The van der Waals surface area contributed by atoms with Crippen LogP contribution in [0, 0.1) is 6.92 Å². The summed E-state index contributed by atoms with van der Waals surface area (Å²) in [7, 11) is 1.63. The molecule has 1 rings (SSSR count). The average molecular weight is 182 g/mol. The van der Waals surface area contributed by atoms with Gasteiger partial charge in [0.15, 0.2) is 0 Å². The van der Waals surface area contributed by atoms with Gasteiger partial charge in [-0.25, -0.2) is 0 Å². The maximum Gasteiger partial charge on any atom is 0.119 e. The summed E-state index contributed by atoms with van der Waals surface area (Å²) in [6.07, 6.45) is 0. The van der Waals surface area contributed by atoms with Gasteiger partial charge in [-0.3, -0.25) is 0 Å². The highest BCUT2D eigenvalue weighted by atomic mass is 16.5. The molecule has 0 atom stereocenters. The molecule has 0 radical (unpaired) electrons. The standard InChI is InChI=1S/C7H9NO.C2H6.C2H5/c1-9-7-4-2-6(8)3-5-7;2*1-2/h2-5H,8H2,1H3;1-2H3;1H2,2H3/q;;+1. The zero-order valence-corrected chi connectivity index (χ0v) is 9.00. The molecule has 0 saturated carbocycles. The number of nitrogen functional groups attached to an aromatic ring is 1. The summed E-state index contributed by atoms with van der Waals surface area (Å²) in [6, 6.07) is 7.27. The summed E-state index contributed by atoms with van der Waals surface area (Å²) < 4.78 is 4.91. The normalized spacial score (nSPS) is 7.08. The van der Waals surface area contributed by atoms with Crippen LogP contribution >= 0.6 is 0 Å². The van der Waals surface area contributed by atoms with Crippen LogP contribution in [0.3, 0.4) is 0 Å². The van der Waals surface area contributed by atoms with E-state index in [4.69, 9.17) is 10.5 Å². The van der Waals surface area contributed by atoms with Crippen LogP contribution in [0.5, 0.6) is 5.75 Å². The average Bonchev–Trinajstić information content (AvgIpc) is 2.25. The Morgan fingerprint density at radius 3 is 1.77 bits per heavy atom. The number of hydrogen-bond donors (Lipinski definition) is 1. The molecule has 0 aliphatic carbocycles. The van der Waals surface area contributed by atoms with Crippen molar-refractivity contribution in [1.82, 2.24) is 0 Å². The monoisotopic (exact) mass is 182 g/mol. The number of hydrogen-bond acceptors (Lipinski definition) is 2. The Morgan fingerprint density at radius 2 is 1.46 bits per heavy atom. The smallest absolute Gasteiger partial charge is 0.119 e. The minimum Gasteiger partial charge on any atom is -0.497 e. The Balaban J connectivity index is 0. The maximum atomic E-state index is 5.43. The molecular weight excluding hydrogens is 162 g/mol. The number of ether oxygens (including phenoxy) is 1. The summed E-state index contributed by atoms with van der Waals surface area (Å²) in [5.74, 6) is 0.837. The molecule has 0 bridgehead atoms. The molecule has 1 aromatic carbocycles. The lowest BCUT2D eigenvalue weighted by Crippen LogP contribution is -1.84. The summed E-state index contributed by atoms with van der Waals surface area (Å²) in [4.78, 5) is 0. The lowest BCUT2D eigenvalue weighted by molar-refractivity contribution is 0.415. The van der Waals surface area contributed by atoms with Crippen LogP contribution in [-0.4, -0.2) is 7.11 Å². The molecule has 0 aromatic heterocycles. The Kier molecular flexibility index (Phi) is 11.7. The molecule has 2 N–H and O–H groups in total.